The van der Waals surface area contributed by atoms with Crippen molar-refractivity contribution in [2.75, 3.05) is 13.7 Å². The first-order valence-corrected chi connectivity index (χ1v) is 8.00. The second kappa shape index (κ2) is 7.10. The normalized spacial score (nSPS) is 12.2. The molecule has 0 saturated heterocycles. The molecule has 0 aliphatic rings. The van der Waals surface area contributed by atoms with Crippen molar-refractivity contribution in [1.82, 2.24) is 5.32 Å². The molecule has 0 bridgehead atoms. The van der Waals surface area contributed by atoms with E-state index in [2.05, 4.69) is 66.3 Å². The molecule has 0 aliphatic heterocycles. The summed E-state index contributed by atoms with van der Waals surface area (Å²) in [6, 6.07) is 12.9. The maximum Gasteiger partial charge on any atom is 0.119 e. The summed E-state index contributed by atoms with van der Waals surface area (Å²) in [4.78, 5) is 0. The summed E-state index contributed by atoms with van der Waals surface area (Å²) in [5.41, 5.74) is 5.09. The van der Waals surface area contributed by atoms with Crippen LogP contribution in [0.2, 0.25) is 0 Å². The van der Waals surface area contributed by atoms with E-state index < -0.39 is 0 Å². The molecule has 112 valence electrons. The maximum atomic E-state index is 5.37. The molecule has 2 nitrogen and oxygen atoms in total. The van der Waals surface area contributed by atoms with Crippen molar-refractivity contribution in [3.05, 3.63) is 63.1 Å². The van der Waals surface area contributed by atoms with Crippen LogP contribution in [0.15, 0.2) is 40.9 Å². The summed E-state index contributed by atoms with van der Waals surface area (Å²) in [7, 11) is 1.70. The molecule has 1 unspecified atom stereocenters. The van der Waals surface area contributed by atoms with Crippen LogP contribution in [-0.4, -0.2) is 13.7 Å². The van der Waals surface area contributed by atoms with Gasteiger partial charge in [-0.3, -0.25) is 0 Å². The van der Waals surface area contributed by atoms with Crippen LogP contribution in [0.3, 0.4) is 0 Å². The Morgan fingerprint density at radius 2 is 1.86 bits per heavy atom. The summed E-state index contributed by atoms with van der Waals surface area (Å²) in [5, 5.41) is 3.58. The molecular weight excluding hydrogens is 326 g/mol. The van der Waals surface area contributed by atoms with E-state index in [1.165, 1.54) is 22.3 Å². The molecule has 21 heavy (non-hydrogen) atoms. The van der Waals surface area contributed by atoms with Gasteiger partial charge >= 0.3 is 0 Å². The number of halogens is 1. The highest BCUT2D eigenvalue weighted by molar-refractivity contribution is 9.10. The summed E-state index contributed by atoms with van der Waals surface area (Å²) < 4.78 is 6.47. The monoisotopic (exact) mass is 347 g/mol. The predicted octanol–water partition coefficient (Wildman–Crippen LogP) is 4.77. The number of aryl methyl sites for hydroxylation is 2. The maximum absolute atomic E-state index is 5.37. The standard InChI is InChI=1S/C18H22BrNO/c1-5-20-18(15-8-6-12(2)10-13(15)3)16-11-14(21-4)7-9-17(16)19/h6-11,18,20H,5H2,1-4H3. The van der Waals surface area contributed by atoms with Crippen LogP contribution in [0.1, 0.15) is 35.2 Å². The number of methoxy groups -OCH3 is 1. The summed E-state index contributed by atoms with van der Waals surface area (Å²) in [6.07, 6.45) is 0. The highest BCUT2D eigenvalue weighted by Crippen LogP contribution is 2.33. The van der Waals surface area contributed by atoms with Crippen LogP contribution >= 0.6 is 15.9 Å². The second-order valence-electron chi connectivity index (χ2n) is 5.24. The highest BCUT2D eigenvalue weighted by atomic mass is 79.9. The third kappa shape index (κ3) is 3.66. The minimum Gasteiger partial charge on any atom is -0.497 e. The van der Waals surface area contributed by atoms with Crippen LogP contribution in [0.4, 0.5) is 0 Å². The molecule has 0 aromatic heterocycles. The first-order valence-electron chi connectivity index (χ1n) is 7.20. The van der Waals surface area contributed by atoms with Gasteiger partial charge in [0.2, 0.25) is 0 Å². The number of benzene rings is 2. The van der Waals surface area contributed by atoms with Crippen molar-refractivity contribution in [3.8, 4) is 5.75 Å². The zero-order valence-electron chi connectivity index (χ0n) is 13.0. The zero-order chi connectivity index (χ0) is 15.4. The number of hydrogen-bond donors (Lipinski definition) is 1. The first-order chi connectivity index (χ1) is 10.1. The molecule has 0 fully saturated rings. The molecule has 2 aromatic carbocycles. The molecule has 2 rings (SSSR count). The Labute approximate surface area is 135 Å². The van der Waals surface area contributed by atoms with E-state index in [-0.39, 0.29) is 6.04 Å². The lowest BCUT2D eigenvalue weighted by Crippen LogP contribution is -2.23. The molecule has 0 radical (unpaired) electrons. The van der Waals surface area contributed by atoms with Crippen LogP contribution in [0, 0.1) is 13.8 Å². The summed E-state index contributed by atoms with van der Waals surface area (Å²) in [5.74, 6) is 0.876. The molecular formula is C18H22BrNO. The lowest BCUT2D eigenvalue weighted by Gasteiger charge is -2.23. The average molecular weight is 348 g/mol. The molecule has 2 aromatic rings. The fourth-order valence-corrected chi connectivity index (χ4v) is 3.09. The molecule has 3 heteroatoms. The van der Waals surface area contributed by atoms with Gasteiger partial charge in [0.15, 0.2) is 0 Å². The smallest absolute Gasteiger partial charge is 0.119 e. The Balaban J connectivity index is 2.52. The van der Waals surface area contributed by atoms with Gasteiger partial charge in [-0.25, -0.2) is 0 Å². The minimum absolute atomic E-state index is 0.153. The van der Waals surface area contributed by atoms with Crippen molar-refractivity contribution in [2.24, 2.45) is 0 Å². The Morgan fingerprint density at radius 1 is 1.10 bits per heavy atom. The van der Waals surface area contributed by atoms with Crippen LogP contribution in [-0.2, 0) is 0 Å². The molecule has 0 aliphatic carbocycles. The van der Waals surface area contributed by atoms with Crippen molar-refractivity contribution >= 4 is 15.9 Å². The van der Waals surface area contributed by atoms with Gasteiger partial charge < -0.3 is 10.1 Å². The van der Waals surface area contributed by atoms with E-state index in [0.29, 0.717) is 0 Å². The molecule has 0 amide bonds. The van der Waals surface area contributed by atoms with Gasteiger partial charge in [-0.1, -0.05) is 46.6 Å². The third-order valence-corrected chi connectivity index (χ3v) is 4.38. The van der Waals surface area contributed by atoms with Gasteiger partial charge in [-0.05, 0) is 55.3 Å². The highest BCUT2D eigenvalue weighted by Gasteiger charge is 2.18. The van der Waals surface area contributed by atoms with Crippen molar-refractivity contribution in [1.29, 1.82) is 0 Å². The summed E-state index contributed by atoms with van der Waals surface area (Å²) >= 11 is 3.67. The fourth-order valence-electron chi connectivity index (χ4n) is 2.61. The van der Waals surface area contributed by atoms with Crippen molar-refractivity contribution < 1.29 is 4.74 Å². The molecule has 0 spiro atoms. The van der Waals surface area contributed by atoms with Gasteiger partial charge in [0.1, 0.15) is 5.75 Å². The third-order valence-electron chi connectivity index (χ3n) is 3.66. The number of hydrogen-bond acceptors (Lipinski definition) is 2. The lowest BCUT2D eigenvalue weighted by molar-refractivity contribution is 0.413. The van der Waals surface area contributed by atoms with Crippen molar-refractivity contribution in [3.63, 3.8) is 0 Å². The van der Waals surface area contributed by atoms with E-state index in [9.17, 15) is 0 Å². The molecule has 0 heterocycles. The van der Waals surface area contributed by atoms with E-state index >= 15 is 0 Å². The van der Waals surface area contributed by atoms with E-state index in [0.717, 1.165) is 16.8 Å². The zero-order valence-corrected chi connectivity index (χ0v) is 14.6. The average Bonchev–Trinajstić information content (AvgIpc) is 2.46. The first kappa shape index (κ1) is 16.1. The topological polar surface area (TPSA) is 21.3 Å². The van der Waals surface area contributed by atoms with Crippen LogP contribution in [0.5, 0.6) is 5.75 Å². The number of nitrogens with one attached hydrogen (secondary N) is 1. The fraction of sp³-hybridized carbons (Fsp3) is 0.333. The molecule has 1 N–H and O–H groups in total. The SMILES string of the molecule is CCNC(c1ccc(C)cc1C)c1cc(OC)ccc1Br. The Bertz CT molecular complexity index is 625. The Hall–Kier alpha value is -1.32. The van der Waals surface area contributed by atoms with Crippen molar-refractivity contribution in [2.45, 2.75) is 26.8 Å². The van der Waals surface area contributed by atoms with Crippen LogP contribution < -0.4 is 10.1 Å². The van der Waals surface area contributed by atoms with Gasteiger partial charge in [-0.2, -0.15) is 0 Å². The van der Waals surface area contributed by atoms with E-state index in [1.54, 1.807) is 7.11 Å². The predicted molar refractivity (Wildman–Crippen MR) is 92.1 cm³/mol. The number of ether oxygens (including phenoxy) is 1. The van der Waals surface area contributed by atoms with Gasteiger partial charge in [-0.15, -0.1) is 0 Å². The molecule has 0 saturated carbocycles. The lowest BCUT2D eigenvalue weighted by atomic mass is 9.93. The number of rotatable bonds is 5. The van der Waals surface area contributed by atoms with Gasteiger partial charge in [0.25, 0.3) is 0 Å². The largest absolute Gasteiger partial charge is 0.497 e. The van der Waals surface area contributed by atoms with Gasteiger partial charge in [0, 0.05) is 4.47 Å². The summed E-state index contributed by atoms with van der Waals surface area (Å²) in [6.45, 7) is 7.33. The van der Waals surface area contributed by atoms with Gasteiger partial charge in [0.05, 0.1) is 13.2 Å². The van der Waals surface area contributed by atoms with E-state index in [4.69, 9.17) is 4.74 Å². The molecule has 1 atom stereocenters. The Morgan fingerprint density at radius 3 is 2.48 bits per heavy atom. The minimum atomic E-state index is 0.153. The van der Waals surface area contributed by atoms with Crippen LogP contribution in [0.25, 0.3) is 0 Å². The second-order valence-corrected chi connectivity index (χ2v) is 6.09. The van der Waals surface area contributed by atoms with E-state index in [1.807, 2.05) is 12.1 Å². The quantitative estimate of drug-likeness (QED) is 0.840. The Kier molecular flexibility index (Phi) is 5.43.